The zero-order valence-electron chi connectivity index (χ0n) is 10.4. The lowest BCUT2D eigenvalue weighted by Crippen LogP contribution is -2.44. The maximum Gasteiger partial charge on any atom is 0.326 e. The lowest BCUT2D eigenvalue weighted by Gasteiger charge is -2.31. The molecule has 1 N–H and O–H groups in total. The summed E-state index contributed by atoms with van der Waals surface area (Å²) in [5.41, 5.74) is 2.25. The maximum atomic E-state index is 11.3. The van der Waals surface area contributed by atoms with Gasteiger partial charge in [-0.05, 0) is 25.0 Å². The third-order valence-electron chi connectivity index (χ3n) is 3.49. The molecule has 0 saturated carbocycles. The number of carboxylic acid groups (broad SMARTS) is 1. The Balaban J connectivity index is 2.33. The Morgan fingerprint density at radius 3 is 2.88 bits per heavy atom. The smallest absolute Gasteiger partial charge is 0.326 e. The van der Waals surface area contributed by atoms with Gasteiger partial charge in [0, 0.05) is 18.2 Å². The summed E-state index contributed by atoms with van der Waals surface area (Å²) in [6.45, 7) is 4.25. The molecule has 0 fully saturated rings. The second-order valence-electron chi connectivity index (χ2n) is 4.73. The molecule has 3 nitrogen and oxygen atoms in total. The number of para-hydroxylation sites is 1. The highest BCUT2D eigenvalue weighted by atomic mass is 16.4. The minimum atomic E-state index is -0.718. The lowest BCUT2D eigenvalue weighted by atomic mass is 10.1. The van der Waals surface area contributed by atoms with Crippen LogP contribution >= 0.6 is 0 Å². The van der Waals surface area contributed by atoms with Crippen molar-refractivity contribution in [1.29, 1.82) is 0 Å². The highest BCUT2D eigenvalue weighted by Crippen LogP contribution is 2.34. The van der Waals surface area contributed by atoms with Crippen molar-refractivity contribution >= 4 is 11.7 Å². The molecule has 17 heavy (non-hydrogen) atoms. The molecule has 0 radical (unpaired) electrons. The SMILES string of the molecule is CCCC(C)N1c2ccccc2CC1C(=O)O. The molecule has 0 amide bonds. The Labute approximate surface area is 102 Å². The molecule has 2 atom stereocenters. The number of nitrogens with zero attached hydrogens (tertiary/aromatic N) is 1. The van der Waals surface area contributed by atoms with Gasteiger partial charge in [0.25, 0.3) is 0 Å². The maximum absolute atomic E-state index is 11.3. The van der Waals surface area contributed by atoms with E-state index in [1.54, 1.807) is 0 Å². The van der Waals surface area contributed by atoms with Gasteiger partial charge in [0.2, 0.25) is 0 Å². The second kappa shape index (κ2) is 4.78. The molecule has 1 aromatic carbocycles. The van der Waals surface area contributed by atoms with Gasteiger partial charge >= 0.3 is 5.97 Å². The molecular weight excluding hydrogens is 214 g/mol. The van der Waals surface area contributed by atoms with Gasteiger partial charge in [-0.25, -0.2) is 4.79 Å². The van der Waals surface area contributed by atoms with Gasteiger partial charge in [-0.15, -0.1) is 0 Å². The van der Waals surface area contributed by atoms with Crippen LogP contribution in [0.25, 0.3) is 0 Å². The zero-order valence-corrected chi connectivity index (χ0v) is 10.4. The van der Waals surface area contributed by atoms with Crippen molar-refractivity contribution in [3.63, 3.8) is 0 Å². The van der Waals surface area contributed by atoms with Crippen molar-refractivity contribution in [1.82, 2.24) is 0 Å². The lowest BCUT2D eigenvalue weighted by molar-refractivity contribution is -0.138. The average Bonchev–Trinajstić information content (AvgIpc) is 2.68. The van der Waals surface area contributed by atoms with Crippen molar-refractivity contribution in [2.75, 3.05) is 4.90 Å². The van der Waals surface area contributed by atoms with E-state index in [0.29, 0.717) is 6.42 Å². The van der Waals surface area contributed by atoms with Crippen molar-refractivity contribution in [2.45, 2.75) is 45.2 Å². The first-order valence-electron chi connectivity index (χ1n) is 6.24. The van der Waals surface area contributed by atoms with Crippen LogP contribution in [0.15, 0.2) is 24.3 Å². The summed E-state index contributed by atoms with van der Waals surface area (Å²) in [5, 5.41) is 9.33. The number of hydrogen-bond donors (Lipinski definition) is 1. The van der Waals surface area contributed by atoms with Gasteiger partial charge in [0.15, 0.2) is 0 Å². The first-order valence-corrected chi connectivity index (χ1v) is 6.24. The molecule has 0 aromatic heterocycles. The second-order valence-corrected chi connectivity index (χ2v) is 4.73. The molecule has 1 aliphatic rings. The summed E-state index contributed by atoms with van der Waals surface area (Å²) >= 11 is 0. The first kappa shape index (κ1) is 12.0. The Morgan fingerprint density at radius 1 is 1.53 bits per heavy atom. The van der Waals surface area contributed by atoms with Crippen molar-refractivity contribution in [3.8, 4) is 0 Å². The molecule has 92 valence electrons. The van der Waals surface area contributed by atoms with Gasteiger partial charge < -0.3 is 10.0 Å². The number of rotatable bonds is 4. The summed E-state index contributed by atoms with van der Waals surface area (Å²) in [6.07, 6.45) is 2.73. The summed E-state index contributed by atoms with van der Waals surface area (Å²) in [7, 11) is 0. The quantitative estimate of drug-likeness (QED) is 0.869. The van der Waals surface area contributed by atoms with Gasteiger partial charge in [-0.3, -0.25) is 0 Å². The van der Waals surface area contributed by atoms with Gasteiger partial charge in [-0.2, -0.15) is 0 Å². The molecule has 2 rings (SSSR count). The minimum absolute atomic E-state index is 0.282. The molecule has 2 unspecified atom stereocenters. The van der Waals surface area contributed by atoms with Crippen LogP contribution in [0.2, 0.25) is 0 Å². The number of anilines is 1. The van der Waals surface area contributed by atoms with E-state index in [0.717, 1.165) is 24.1 Å². The first-order chi connectivity index (χ1) is 8.15. The number of carboxylic acids is 1. The Kier molecular flexibility index (Phi) is 3.36. The fraction of sp³-hybridized carbons (Fsp3) is 0.500. The molecule has 0 aliphatic carbocycles. The van der Waals surface area contributed by atoms with Crippen molar-refractivity contribution < 1.29 is 9.90 Å². The zero-order chi connectivity index (χ0) is 12.4. The van der Waals surface area contributed by atoms with E-state index in [9.17, 15) is 9.90 Å². The predicted molar refractivity (Wildman–Crippen MR) is 68.4 cm³/mol. The van der Waals surface area contributed by atoms with Gasteiger partial charge in [-0.1, -0.05) is 31.5 Å². The number of aliphatic carboxylic acids is 1. The fourth-order valence-corrected chi connectivity index (χ4v) is 2.72. The standard InChI is InChI=1S/C14H19NO2/c1-3-6-10(2)15-12-8-5-4-7-11(12)9-13(15)14(16)17/h4-5,7-8,10,13H,3,6,9H2,1-2H3,(H,16,17). The van der Waals surface area contributed by atoms with Crippen LogP contribution in [0.3, 0.4) is 0 Å². The van der Waals surface area contributed by atoms with Crippen molar-refractivity contribution in [2.24, 2.45) is 0 Å². The third kappa shape index (κ3) is 2.14. The number of carbonyl (C=O) groups is 1. The molecular formula is C14H19NO2. The largest absolute Gasteiger partial charge is 0.480 e. The van der Waals surface area contributed by atoms with E-state index in [-0.39, 0.29) is 6.04 Å². The molecule has 1 heterocycles. The fourth-order valence-electron chi connectivity index (χ4n) is 2.72. The van der Waals surface area contributed by atoms with E-state index < -0.39 is 12.0 Å². The molecule has 3 heteroatoms. The minimum Gasteiger partial charge on any atom is -0.480 e. The summed E-state index contributed by atoms with van der Waals surface area (Å²) < 4.78 is 0. The Morgan fingerprint density at radius 2 is 2.24 bits per heavy atom. The third-order valence-corrected chi connectivity index (χ3v) is 3.49. The summed E-state index contributed by atoms with van der Waals surface area (Å²) in [5.74, 6) is -0.718. The van der Waals surface area contributed by atoms with Crippen molar-refractivity contribution in [3.05, 3.63) is 29.8 Å². The summed E-state index contributed by atoms with van der Waals surface area (Å²) in [4.78, 5) is 13.4. The normalized spacial score (nSPS) is 20.1. The number of benzene rings is 1. The van der Waals surface area contributed by atoms with Crippen LogP contribution < -0.4 is 4.90 Å². The summed E-state index contributed by atoms with van der Waals surface area (Å²) in [6, 6.07) is 7.91. The topological polar surface area (TPSA) is 40.5 Å². The van der Waals surface area contributed by atoms with E-state index >= 15 is 0 Å². The van der Waals surface area contributed by atoms with E-state index in [4.69, 9.17) is 0 Å². The highest BCUT2D eigenvalue weighted by molar-refractivity contribution is 5.82. The average molecular weight is 233 g/mol. The highest BCUT2D eigenvalue weighted by Gasteiger charge is 2.36. The Hall–Kier alpha value is -1.51. The van der Waals surface area contributed by atoms with Crippen LogP contribution in [0.1, 0.15) is 32.3 Å². The number of fused-ring (bicyclic) bond motifs is 1. The van der Waals surface area contributed by atoms with E-state index in [1.165, 1.54) is 0 Å². The molecule has 1 aliphatic heterocycles. The molecule has 0 spiro atoms. The number of hydrogen-bond acceptors (Lipinski definition) is 2. The van der Waals surface area contributed by atoms with E-state index in [1.807, 2.05) is 24.3 Å². The van der Waals surface area contributed by atoms with E-state index in [2.05, 4.69) is 18.7 Å². The Bertz CT molecular complexity index is 416. The van der Waals surface area contributed by atoms with Crippen LogP contribution in [-0.2, 0) is 11.2 Å². The van der Waals surface area contributed by atoms with Crippen LogP contribution in [0.4, 0.5) is 5.69 Å². The molecule has 1 aromatic rings. The van der Waals surface area contributed by atoms with Crippen LogP contribution in [-0.4, -0.2) is 23.2 Å². The molecule has 0 bridgehead atoms. The predicted octanol–water partition coefficient (Wildman–Crippen LogP) is 2.69. The van der Waals surface area contributed by atoms with Gasteiger partial charge in [0.05, 0.1) is 0 Å². The molecule has 0 saturated heterocycles. The van der Waals surface area contributed by atoms with Crippen LogP contribution in [0.5, 0.6) is 0 Å². The van der Waals surface area contributed by atoms with Gasteiger partial charge in [0.1, 0.15) is 6.04 Å². The van der Waals surface area contributed by atoms with Crippen LogP contribution in [0, 0.1) is 0 Å². The monoisotopic (exact) mass is 233 g/mol.